The molecule has 0 saturated carbocycles. The van der Waals surface area contributed by atoms with E-state index in [0.29, 0.717) is 19.0 Å². The molecule has 1 heterocycles. The normalized spacial score (nSPS) is 32.9. The highest BCUT2D eigenvalue weighted by Crippen LogP contribution is 2.24. The van der Waals surface area contributed by atoms with Crippen molar-refractivity contribution in [3.05, 3.63) is 0 Å². The lowest BCUT2D eigenvalue weighted by Gasteiger charge is -2.40. The van der Waals surface area contributed by atoms with Gasteiger partial charge in [-0.3, -0.25) is 0 Å². The zero-order chi connectivity index (χ0) is 12.3. The highest BCUT2D eigenvalue weighted by molar-refractivity contribution is 7.89. The molecule has 5 nitrogen and oxygen atoms in total. The van der Waals surface area contributed by atoms with Crippen LogP contribution >= 0.6 is 0 Å². The summed E-state index contributed by atoms with van der Waals surface area (Å²) < 4.78 is 25.6. The van der Waals surface area contributed by atoms with Gasteiger partial charge in [0.05, 0.1) is 5.75 Å². The van der Waals surface area contributed by atoms with Crippen LogP contribution in [0.4, 0.5) is 0 Å². The van der Waals surface area contributed by atoms with Gasteiger partial charge >= 0.3 is 0 Å². The SMILES string of the molecule is CNCCS(=O)(=O)N1CCC(C)C(N)C1C. The zero-order valence-electron chi connectivity index (χ0n) is 10.3. The third kappa shape index (κ3) is 2.94. The molecule has 0 aromatic carbocycles. The molecule has 1 saturated heterocycles. The van der Waals surface area contributed by atoms with Crippen LogP contribution in [-0.4, -0.2) is 50.7 Å². The van der Waals surface area contributed by atoms with Crippen LogP contribution in [0.2, 0.25) is 0 Å². The Bertz CT molecular complexity index is 318. The fourth-order valence-electron chi connectivity index (χ4n) is 2.14. The fourth-order valence-corrected chi connectivity index (χ4v) is 3.86. The molecule has 0 aromatic heterocycles. The summed E-state index contributed by atoms with van der Waals surface area (Å²) in [5.41, 5.74) is 6.02. The molecule has 16 heavy (non-hydrogen) atoms. The second kappa shape index (κ2) is 5.44. The van der Waals surface area contributed by atoms with Gasteiger partial charge in [-0.1, -0.05) is 6.92 Å². The highest BCUT2D eigenvalue weighted by atomic mass is 32.2. The maximum atomic E-state index is 12.0. The van der Waals surface area contributed by atoms with Crippen LogP contribution in [0.3, 0.4) is 0 Å². The van der Waals surface area contributed by atoms with E-state index < -0.39 is 10.0 Å². The molecule has 0 aliphatic carbocycles. The van der Waals surface area contributed by atoms with Gasteiger partial charge in [-0.05, 0) is 26.3 Å². The quantitative estimate of drug-likeness (QED) is 0.710. The van der Waals surface area contributed by atoms with Crippen LogP contribution in [0, 0.1) is 5.92 Å². The van der Waals surface area contributed by atoms with Crippen LogP contribution in [-0.2, 0) is 10.0 Å². The first-order chi connectivity index (χ1) is 7.40. The third-order valence-corrected chi connectivity index (χ3v) is 5.39. The lowest BCUT2D eigenvalue weighted by molar-refractivity contribution is 0.187. The lowest BCUT2D eigenvalue weighted by Crippen LogP contribution is -2.56. The minimum atomic E-state index is -3.16. The molecule has 1 aliphatic rings. The molecule has 3 N–H and O–H groups in total. The first-order valence-corrected chi connectivity index (χ1v) is 7.40. The molecule has 0 spiro atoms. The van der Waals surface area contributed by atoms with Crippen LogP contribution < -0.4 is 11.1 Å². The standard InChI is InChI=1S/C10H23N3O2S/c1-8-4-6-13(9(2)10(8)11)16(14,15)7-5-12-3/h8-10,12H,4-7,11H2,1-3H3. The fraction of sp³-hybridized carbons (Fsp3) is 1.00. The van der Waals surface area contributed by atoms with Crippen LogP contribution in [0.15, 0.2) is 0 Å². The van der Waals surface area contributed by atoms with Crippen molar-refractivity contribution in [2.75, 3.05) is 25.9 Å². The average molecular weight is 249 g/mol. The Morgan fingerprint density at radius 1 is 1.44 bits per heavy atom. The molecular formula is C10H23N3O2S. The number of nitrogens with two attached hydrogens (primary N) is 1. The topological polar surface area (TPSA) is 75.4 Å². The third-order valence-electron chi connectivity index (χ3n) is 3.44. The van der Waals surface area contributed by atoms with Gasteiger partial charge in [-0.15, -0.1) is 0 Å². The number of hydrogen-bond acceptors (Lipinski definition) is 4. The van der Waals surface area contributed by atoms with Crippen LogP contribution in [0.5, 0.6) is 0 Å². The largest absolute Gasteiger partial charge is 0.326 e. The summed E-state index contributed by atoms with van der Waals surface area (Å²) in [7, 11) is -1.41. The molecule has 1 aliphatic heterocycles. The smallest absolute Gasteiger partial charge is 0.215 e. The Hall–Kier alpha value is -0.170. The molecule has 0 aromatic rings. The number of hydrogen-bond donors (Lipinski definition) is 2. The molecule has 3 atom stereocenters. The molecule has 3 unspecified atom stereocenters. The van der Waals surface area contributed by atoms with Crippen molar-refractivity contribution < 1.29 is 8.42 Å². The molecule has 96 valence electrons. The Kier molecular flexibility index (Phi) is 4.73. The molecule has 0 bridgehead atoms. The van der Waals surface area contributed by atoms with Crippen molar-refractivity contribution in [2.24, 2.45) is 11.7 Å². The molecule has 1 rings (SSSR count). The second-order valence-corrected chi connectivity index (χ2v) is 6.66. The van der Waals surface area contributed by atoms with Gasteiger partial charge in [0.2, 0.25) is 10.0 Å². The Morgan fingerprint density at radius 3 is 2.62 bits per heavy atom. The van der Waals surface area contributed by atoms with E-state index in [1.54, 1.807) is 11.4 Å². The molecule has 0 amide bonds. The maximum absolute atomic E-state index is 12.0. The van der Waals surface area contributed by atoms with Crippen molar-refractivity contribution in [1.82, 2.24) is 9.62 Å². The van der Waals surface area contributed by atoms with Gasteiger partial charge in [-0.25, -0.2) is 8.42 Å². The lowest BCUT2D eigenvalue weighted by atomic mass is 9.90. The van der Waals surface area contributed by atoms with Gasteiger partial charge in [0, 0.05) is 25.2 Å². The Morgan fingerprint density at radius 2 is 2.06 bits per heavy atom. The van der Waals surface area contributed by atoms with E-state index in [2.05, 4.69) is 12.2 Å². The van der Waals surface area contributed by atoms with E-state index in [0.717, 1.165) is 6.42 Å². The van der Waals surface area contributed by atoms with Crippen LogP contribution in [0.25, 0.3) is 0 Å². The first kappa shape index (κ1) is 13.9. The maximum Gasteiger partial charge on any atom is 0.215 e. The predicted octanol–water partition coefficient (Wildman–Crippen LogP) is -0.407. The van der Waals surface area contributed by atoms with Crippen LogP contribution in [0.1, 0.15) is 20.3 Å². The average Bonchev–Trinajstić information content (AvgIpc) is 2.23. The highest BCUT2D eigenvalue weighted by Gasteiger charge is 2.36. The van der Waals surface area contributed by atoms with Gasteiger partial charge < -0.3 is 11.1 Å². The van der Waals surface area contributed by atoms with Gasteiger partial charge in [0.25, 0.3) is 0 Å². The summed E-state index contributed by atoms with van der Waals surface area (Å²) in [6.45, 7) is 5.06. The zero-order valence-corrected chi connectivity index (χ0v) is 11.1. The minimum absolute atomic E-state index is 0.0573. The number of rotatable bonds is 4. The van der Waals surface area contributed by atoms with E-state index in [4.69, 9.17) is 5.73 Å². The number of sulfonamides is 1. The predicted molar refractivity (Wildman–Crippen MR) is 65.6 cm³/mol. The molecule has 1 fully saturated rings. The summed E-state index contributed by atoms with van der Waals surface area (Å²) in [5, 5.41) is 2.86. The number of nitrogens with zero attached hydrogens (tertiary/aromatic N) is 1. The van der Waals surface area contributed by atoms with Gasteiger partial charge in [-0.2, -0.15) is 4.31 Å². The van der Waals surface area contributed by atoms with Crippen molar-refractivity contribution in [2.45, 2.75) is 32.4 Å². The Labute approximate surface area is 98.4 Å². The van der Waals surface area contributed by atoms with Crippen molar-refractivity contribution in [3.8, 4) is 0 Å². The van der Waals surface area contributed by atoms with E-state index >= 15 is 0 Å². The second-order valence-electron chi connectivity index (χ2n) is 4.61. The van der Waals surface area contributed by atoms with Crippen molar-refractivity contribution in [1.29, 1.82) is 0 Å². The van der Waals surface area contributed by atoms with E-state index in [1.807, 2.05) is 6.92 Å². The van der Waals surface area contributed by atoms with E-state index in [1.165, 1.54) is 0 Å². The summed E-state index contributed by atoms with van der Waals surface area (Å²) in [4.78, 5) is 0. The summed E-state index contributed by atoms with van der Waals surface area (Å²) in [6.07, 6.45) is 0.851. The van der Waals surface area contributed by atoms with Gasteiger partial charge in [0.15, 0.2) is 0 Å². The van der Waals surface area contributed by atoms with Crippen molar-refractivity contribution >= 4 is 10.0 Å². The van der Waals surface area contributed by atoms with E-state index in [-0.39, 0.29) is 17.8 Å². The molecular weight excluding hydrogens is 226 g/mol. The number of nitrogens with one attached hydrogen (secondary N) is 1. The first-order valence-electron chi connectivity index (χ1n) is 5.80. The summed E-state index contributed by atoms with van der Waals surface area (Å²) in [6, 6.07) is -0.149. The Balaban J connectivity index is 2.73. The molecule has 6 heteroatoms. The summed E-state index contributed by atoms with van der Waals surface area (Å²) in [5.74, 6) is 0.542. The van der Waals surface area contributed by atoms with E-state index in [9.17, 15) is 8.42 Å². The van der Waals surface area contributed by atoms with Crippen molar-refractivity contribution in [3.63, 3.8) is 0 Å². The minimum Gasteiger partial charge on any atom is -0.326 e. The molecule has 0 radical (unpaired) electrons. The monoisotopic (exact) mass is 249 g/mol. The van der Waals surface area contributed by atoms with Gasteiger partial charge in [0.1, 0.15) is 0 Å². The number of piperidine rings is 1. The summed E-state index contributed by atoms with van der Waals surface area (Å²) >= 11 is 0.